The number of hydrogen-bond acceptors (Lipinski definition) is 3. The van der Waals surface area contributed by atoms with E-state index in [9.17, 15) is 0 Å². The van der Waals surface area contributed by atoms with E-state index < -0.39 is 0 Å². The summed E-state index contributed by atoms with van der Waals surface area (Å²) in [4.78, 5) is 8.49. The molecule has 0 aliphatic rings. The lowest BCUT2D eigenvalue weighted by Crippen LogP contribution is -1.95. The Morgan fingerprint density at radius 3 is 2.60 bits per heavy atom. The Hall–Kier alpha value is -0.940. The molecule has 0 aromatic carbocycles. The average molecular weight is 329 g/mol. The van der Waals surface area contributed by atoms with Crippen LogP contribution in [0.5, 0.6) is 0 Å². The Labute approximate surface area is 104 Å². The van der Waals surface area contributed by atoms with Gasteiger partial charge in [0.25, 0.3) is 0 Å². The molecular formula is C10H7Br2N3. The molecule has 2 N–H and O–H groups in total. The van der Waals surface area contributed by atoms with Gasteiger partial charge in [0, 0.05) is 12.4 Å². The monoisotopic (exact) mass is 327 g/mol. The molecule has 2 heterocycles. The van der Waals surface area contributed by atoms with Crippen LogP contribution in [-0.2, 0) is 0 Å². The van der Waals surface area contributed by atoms with Crippen LogP contribution in [0.25, 0.3) is 11.4 Å². The molecule has 0 unspecified atom stereocenters. The molecule has 0 bridgehead atoms. The van der Waals surface area contributed by atoms with Crippen molar-refractivity contribution in [1.29, 1.82) is 0 Å². The highest BCUT2D eigenvalue weighted by Crippen LogP contribution is 2.33. The molecule has 3 nitrogen and oxygen atoms in total. The van der Waals surface area contributed by atoms with Gasteiger partial charge in [0.05, 0.1) is 20.3 Å². The van der Waals surface area contributed by atoms with Crippen molar-refractivity contribution in [3.05, 3.63) is 39.5 Å². The molecule has 0 amide bonds. The molecule has 2 aromatic heterocycles. The molecule has 5 heteroatoms. The standard InChI is InChI=1S/C10H7Br2N3/c11-6-5-15-10(8(12)9(6)13)7-3-1-2-4-14-7/h1-5H,(H2,13,15). The minimum absolute atomic E-state index is 0.630. The zero-order valence-electron chi connectivity index (χ0n) is 7.61. The summed E-state index contributed by atoms with van der Waals surface area (Å²) in [6.07, 6.45) is 3.39. The molecule has 0 atom stereocenters. The summed E-state index contributed by atoms with van der Waals surface area (Å²) in [5.41, 5.74) is 8.03. The third-order valence-corrected chi connectivity index (χ3v) is 3.35. The third kappa shape index (κ3) is 2.03. The van der Waals surface area contributed by atoms with Crippen LogP contribution in [0.15, 0.2) is 39.5 Å². The van der Waals surface area contributed by atoms with Gasteiger partial charge in [0.2, 0.25) is 0 Å². The lowest BCUT2D eigenvalue weighted by atomic mass is 10.2. The number of nitrogen functional groups attached to an aromatic ring is 1. The number of anilines is 1. The first-order valence-corrected chi connectivity index (χ1v) is 5.79. The summed E-state index contributed by atoms with van der Waals surface area (Å²) in [7, 11) is 0. The van der Waals surface area contributed by atoms with Crippen molar-refractivity contribution >= 4 is 37.5 Å². The molecule has 2 rings (SSSR count). The number of nitrogens with two attached hydrogens (primary N) is 1. The van der Waals surface area contributed by atoms with Gasteiger partial charge >= 0.3 is 0 Å². The predicted octanol–water partition coefficient (Wildman–Crippen LogP) is 3.25. The van der Waals surface area contributed by atoms with Crippen LogP contribution in [0.2, 0.25) is 0 Å². The Morgan fingerprint density at radius 2 is 1.93 bits per heavy atom. The summed E-state index contributed by atoms with van der Waals surface area (Å²) in [5.74, 6) is 0. The minimum atomic E-state index is 0.630. The van der Waals surface area contributed by atoms with Gasteiger partial charge in [-0.1, -0.05) is 6.07 Å². The highest BCUT2D eigenvalue weighted by Gasteiger charge is 2.10. The van der Waals surface area contributed by atoms with Crippen LogP contribution in [0.1, 0.15) is 0 Å². The number of hydrogen-bond donors (Lipinski definition) is 1. The van der Waals surface area contributed by atoms with Gasteiger partial charge in [-0.2, -0.15) is 0 Å². The lowest BCUT2D eigenvalue weighted by molar-refractivity contribution is 1.23. The summed E-state index contributed by atoms with van der Waals surface area (Å²) in [6, 6.07) is 5.66. The maximum absolute atomic E-state index is 5.86. The van der Waals surface area contributed by atoms with Gasteiger partial charge in [0.1, 0.15) is 5.69 Å². The number of halogens is 2. The molecule has 76 valence electrons. The quantitative estimate of drug-likeness (QED) is 0.874. The normalized spacial score (nSPS) is 10.3. The van der Waals surface area contributed by atoms with E-state index in [0.29, 0.717) is 5.69 Å². The number of rotatable bonds is 1. The van der Waals surface area contributed by atoms with Gasteiger partial charge in [0.15, 0.2) is 0 Å². The van der Waals surface area contributed by atoms with Gasteiger partial charge < -0.3 is 5.73 Å². The molecular weight excluding hydrogens is 322 g/mol. The zero-order valence-corrected chi connectivity index (χ0v) is 10.8. The van der Waals surface area contributed by atoms with E-state index >= 15 is 0 Å². The fraction of sp³-hybridized carbons (Fsp3) is 0. The van der Waals surface area contributed by atoms with Crippen molar-refractivity contribution in [2.75, 3.05) is 5.73 Å². The first-order valence-electron chi connectivity index (χ1n) is 4.21. The van der Waals surface area contributed by atoms with Gasteiger partial charge in [-0.3, -0.25) is 9.97 Å². The number of pyridine rings is 2. The summed E-state index contributed by atoms with van der Waals surface area (Å²) >= 11 is 6.73. The first-order chi connectivity index (χ1) is 7.20. The molecule has 2 aromatic rings. The van der Waals surface area contributed by atoms with Gasteiger partial charge in [-0.25, -0.2) is 0 Å². The van der Waals surface area contributed by atoms with Crippen molar-refractivity contribution in [3.8, 4) is 11.4 Å². The lowest BCUT2D eigenvalue weighted by Gasteiger charge is -2.06. The fourth-order valence-electron chi connectivity index (χ4n) is 1.16. The number of nitrogens with zero attached hydrogens (tertiary/aromatic N) is 2. The minimum Gasteiger partial charge on any atom is -0.397 e. The molecule has 0 saturated carbocycles. The second-order valence-corrected chi connectivity index (χ2v) is 4.54. The van der Waals surface area contributed by atoms with E-state index in [-0.39, 0.29) is 0 Å². The molecule has 0 radical (unpaired) electrons. The van der Waals surface area contributed by atoms with E-state index in [0.717, 1.165) is 20.3 Å². The number of aromatic nitrogens is 2. The largest absolute Gasteiger partial charge is 0.397 e. The van der Waals surface area contributed by atoms with E-state index in [1.54, 1.807) is 12.4 Å². The molecule has 15 heavy (non-hydrogen) atoms. The summed E-state index contributed by atoms with van der Waals surface area (Å²) < 4.78 is 1.53. The Kier molecular flexibility index (Phi) is 3.02. The summed E-state index contributed by atoms with van der Waals surface area (Å²) in [6.45, 7) is 0. The maximum Gasteiger partial charge on any atom is 0.105 e. The Bertz CT molecular complexity index is 486. The second kappa shape index (κ2) is 4.28. The smallest absolute Gasteiger partial charge is 0.105 e. The van der Waals surface area contributed by atoms with Crippen LogP contribution in [0.4, 0.5) is 5.69 Å². The molecule has 0 aliphatic heterocycles. The van der Waals surface area contributed by atoms with Crippen LogP contribution in [0.3, 0.4) is 0 Å². The maximum atomic E-state index is 5.86. The highest BCUT2D eigenvalue weighted by atomic mass is 79.9. The van der Waals surface area contributed by atoms with Crippen molar-refractivity contribution < 1.29 is 0 Å². The average Bonchev–Trinajstić information content (AvgIpc) is 2.27. The van der Waals surface area contributed by atoms with Crippen LogP contribution in [0, 0.1) is 0 Å². The SMILES string of the molecule is Nc1c(Br)cnc(-c2ccccn2)c1Br. The first kappa shape index (κ1) is 10.6. The Balaban J connectivity index is 2.60. The third-order valence-electron chi connectivity index (χ3n) is 1.92. The van der Waals surface area contributed by atoms with E-state index in [2.05, 4.69) is 41.8 Å². The topological polar surface area (TPSA) is 51.8 Å². The zero-order chi connectivity index (χ0) is 10.8. The fourth-order valence-corrected chi connectivity index (χ4v) is 2.25. The van der Waals surface area contributed by atoms with Crippen molar-refractivity contribution in [1.82, 2.24) is 9.97 Å². The van der Waals surface area contributed by atoms with E-state index in [4.69, 9.17) is 5.73 Å². The summed E-state index contributed by atoms with van der Waals surface area (Å²) in [5, 5.41) is 0. The molecule has 0 saturated heterocycles. The van der Waals surface area contributed by atoms with Crippen molar-refractivity contribution in [2.45, 2.75) is 0 Å². The van der Waals surface area contributed by atoms with Crippen molar-refractivity contribution in [3.63, 3.8) is 0 Å². The van der Waals surface area contributed by atoms with Crippen molar-refractivity contribution in [2.24, 2.45) is 0 Å². The van der Waals surface area contributed by atoms with Crippen LogP contribution >= 0.6 is 31.9 Å². The molecule has 0 spiro atoms. The second-order valence-electron chi connectivity index (χ2n) is 2.90. The molecule has 0 fully saturated rings. The van der Waals surface area contributed by atoms with E-state index in [1.807, 2.05) is 18.2 Å². The van der Waals surface area contributed by atoms with Gasteiger partial charge in [-0.05, 0) is 44.0 Å². The molecule has 0 aliphatic carbocycles. The van der Waals surface area contributed by atoms with Crippen LogP contribution < -0.4 is 5.73 Å². The van der Waals surface area contributed by atoms with E-state index in [1.165, 1.54) is 0 Å². The highest BCUT2D eigenvalue weighted by molar-refractivity contribution is 9.11. The Morgan fingerprint density at radius 1 is 1.13 bits per heavy atom. The van der Waals surface area contributed by atoms with Gasteiger partial charge in [-0.15, -0.1) is 0 Å². The predicted molar refractivity (Wildman–Crippen MR) is 67.3 cm³/mol. The van der Waals surface area contributed by atoms with Crippen LogP contribution in [-0.4, -0.2) is 9.97 Å².